The molecule has 3 aromatic rings. The minimum Gasteiger partial charge on any atom is -0.361 e. The maximum absolute atomic E-state index is 12.4. The molecule has 0 aliphatic rings. The first kappa shape index (κ1) is 19.6. The van der Waals surface area contributed by atoms with Crippen LogP contribution < -0.4 is 11.2 Å². The van der Waals surface area contributed by atoms with Gasteiger partial charge in [-0.2, -0.15) is 0 Å². The van der Waals surface area contributed by atoms with Gasteiger partial charge in [-0.3, -0.25) is 14.3 Å². The molecule has 7 nitrogen and oxygen atoms in total. The number of imidazole rings is 1. The molecule has 0 saturated heterocycles. The van der Waals surface area contributed by atoms with Crippen molar-refractivity contribution < 1.29 is 4.74 Å². The Morgan fingerprint density at radius 3 is 2.56 bits per heavy atom. The van der Waals surface area contributed by atoms with Crippen LogP contribution in [0.15, 0.2) is 40.2 Å². The Bertz CT molecular complexity index is 1050. The number of nitrogens with one attached hydrogen (secondary N) is 1. The average molecular weight is 407 g/mol. The van der Waals surface area contributed by atoms with Crippen LogP contribution in [0.2, 0.25) is 30.7 Å². The Hall–Kier alpha value is -2.16. The first-order chi connectivity index (χ1) is 12.7. The lowest BCUT2D eigenvalue weighted by atomic mass is 10.2. The average Bonchev–Trinajstić information content (AvgIpc) is 2.99. The van der Waals surface area contributed by atoms with Gasteiger partial charge in [0.1, 0.15) is 6.73 Å². The number of rotatable bonds is 7. The normalized spacial score (nSPS) is 12.0. The van der Waals surface area contributed by atoms with Gasteiger partial charge in [0, 0.05) is 26.2 Å². The lowest BCUT2D eigenvalue weighted by Gasteiger charge is -2.15. The highest BCUT2D eigenvalue weighted by Crippen LogP contribution is 2.13. The molecule has 27 heavy (non-hydrogen) atoms. The van der Waals surface area contributed by atoms with Gasteiger partial charge in [0.2, 0.25) is 0 Å². The predicted molar refractivity (Wildman–Crippen MR) is 109 cm³/mol. The Labute approximate surface area is 162 Å². The summed E-state index contributed by atoms with van der Waals surface area (Å²) in [4.78, 5) is 31.2. The molecule has 0 radical (unpaired) electrons. The third-order valence-corrected chi connectivity index (χ3v) is 6.19. The molecule has 0 aliphatic carbocycles. The molecule has 2 heterocycles. The van der Waals surface area contributed by atoms with Crippen LogP contribution in [0.5, 0.6) is 0 Å². The molecule has 0 fully saturated rings. The third kappa shape index (κ3) is 4.77. The third-order valence-electron chi connectivity index (χ3n) is 4.24. The van der Waals surface area contributed by atoms with Crippen LogP contribution in [0.3, 0.4) is 0 Å². The lowest BCUT2D eigenvalue weighted by Crippen LogP contribution is -2.32. The number of ether oxygens (including phenoxy) is 1. The minimum absolute atomic E-state index is 0.0640. The first-order valence-corrected chi connectivity index (χ1v) is 12.8. The summed E-state index contributed by atoms with van der Waals surface area (Å²) in [5.41, 5.74) is 0.670. The Balaban J connectivity index is 1.88. The van der Waals surface area contributed by atoms with Gasteiger partial charge in [0.25, 0.3) is 5.56 Å². The quantitative estimate of drug-likeness (QED) is 0.483. The van der Waals surface area contributed by atoms with Gasteiger partial charge in [-0.25, -0.2) is 9.78 Å². The number of hydrogen-bond acceptors (Lipinski definition) is 4. The van der Waals surface area contributed by atoms with Crippen LogP contribution in [0.1, 0.15) is 5.56 Å². The zero-order valence-electron chi connectivity index (χ0n) is 15.7. The van der Waals surface area contributed by atoms with E-state index in [0.717, 1.165) is 11.6 Å². The molecule has 0 bridgehead atoms. The van der Waals surface area contributed by atoms with Gasteiger partial charge in [-0.05, 0) is 23.7 Å². The summed E-state index contributed by atoms with van der Waals surface area (Å²) in [6.07, 6.45) is 1.56. The fourth-order valence-electron chi connectivity index (χ4n) is 2.68. The highest BCUT2D eigenvalue weighted by atomic mass is 35.5. The number of aromatic amines is 1. The molecular weight excluding hydrogens is 384 g/mol. The zero-order valence-corrected chi connectivity index (χ0v) is 17.4. The SMILES string of the molecule is C[Si](C)(C)CCOCn1c(=O)[nH]c(=O)c2c1ncn2Cc1ccc(Cl)cc1. The van der Waals surface area contributed by atoms with Crippen LogP contribution in [0.25, 0.3) is 11.2 Å². The van der Waals surface area contributed by atoms with Crippen LogP contribution in [-0.4, -0.2) is 33.8 Å². The van der Waals surface area contributed by atoms with Crippen molar-refractivity contribution in [2.24, 2.45) is 0 Å². The second-order valence-corrected chi connectivity index (χ2v) is 13.8. The van der Waals surface area contributed by atoms with E-state index in [4.69, 9.17) is 16.3 Å². The second kappa shape index (κ2) is 7.83. The standard InChI is InChI=1S/C18H23ClN4O3Si/c1-27(2,3)9-8-26-12-23-16-15(17(24)21-18(23)25)22(11-20-16)10-13-4-6-14(19)7-5-13/h4-7,11H,8-10,12H2,1-3H3,(H,21,24,25). The Morgan fingerprint density at radius 1 is 1.19 bits per heavy atom. The molecule has 0 amide bonds. The molecule has 9 heteroatoms. The van der Waals surface area contributed by atoms with Crippen molar-refractivity contribution in [1.82, 2.24) is 19.1 Å². The smallest absolute Gasteiger partial charge is 0.332 e. The molecule has 0 saturated carbocycles. The van der Waals surface area contributed by atoms with Crippen molar-refractivity contribution in [1.29, 1.82) is 0 Å². The van der Waals surface area contributed by atoms with Crippen molar-refractivity contribution in [3.05, 3.63) is 62.0 Å². The maximum atomic E-state index is 12.4. The molecule has 1 N–H and O–H groups in total. The van der Waals surface area contributed by atoms with Crippen LogP contribution >= 0.6 is 11.6 Å². The van der Waals surface area contributed by atoms with E-state index < -0.39 is 19.3 Å². The van der Waals surface area contributed by atoms with E-state index in [1.54, 1.807) is 23.0 Å². The summed E-state index contributed by atoms with van der Waals surface area (Å²) >= 11 is 5.92. The number of H-pyrrole nitrogens is 1. The van der Waals surface area contributed by atoms with Gasteiger partial charge in [0.15, 0.2) is 11.2 Å². The van der Waals surface area contributed by atoms with Crippen molar-refractivity contribution in [3.8, 4) is 0 Å². The fourth-order valence-corrected chi connectivity index (χ4v) is 3.56. The molecule has 0 aliphatic heterocycles. The molecule has 2 aromatic heterocycles. The highest BCUT2D eigenvalue weighted by molar-refractivity contribution is 6.76. The van der Waals surface area contributed by atoms with Gasteiger partial charge in [0.05, 0.1) is 6.33 Å². The number of benzene rings is 1. The summed E-state index contributed by atoms with van der Waals surface area (Å²) in [6, 6.07) is 8.36. The monoisotopic (exact) mass is 406 g/mol. The van der Waals surface area contributed by atoms with E-state index in [9.17, 15) is 9.59 Å². The largest absolute Gasteiger partial charge is 0.361 e. The van der Waals surface area contributed by atoms with E-state index >= 15 is 0 Å². The topological polar surface area (TPSA) is 81.9 Å². The highest BCUT2D eigenvalue weighted by Gasteiger charge is 2.15. The molecule has 0 spiro atoms. The first-order valence-electron chi connectivity index (χ1n) is 8.75. The predicted octanol–water partition coefficient (Wildman–Crippen LogP) is 2.90. The summed E-state index contributed by atoms with van der Waals surface area (Å²) in [7, 11) is -1.21. The van der Waals surface area contributed by atoms with Crippen molar-refractivity contribution in [2.75, 3.05) is 6.61 Å². The molecule has 144 valence electrons. The Morgan fingerprint density at radius 2 is 1.89 bits per heavy atom. The number of halogens is 1. The van der Waals surface area contributed by atoms with Gasteiger partial charge < -0.3 is 9.30 Å². The summed E-state index contributed by atoms with van der Waals surface area (Å²) in [5.74, 6) is 0. The molecule has 1 aromatic carbocycles. The van der Waals surface area contributed by atoms with Crippen molar-refractivity contribution >= 4 is 30.8 Å². The van der Waals surface area contributed by atoms with E-state index in [0.29, 0.717) is 29.3 Å². The van der Waals surface area contributed by atoms with E-state index in [-0.39, 0.29) is 6.73 Å². The van der Waals surface area contributed by atoms with Gasteiger partial charge in [-0.1, -0.05) is 43.4 Å². The fraction of sp³-hybridized carbons (Fsp3) is 0.389. The Kier molecular flexibility index (Phi) is 5.68. The zero-order chi connectivity index (χ0) is 19.6. The van der Waals surface area contributed by atoms with Crippen LogP contribution in [0, 0.1) is 0 Å². The summed E-state index contributed by atoms with van der Waals surface area (Å²) in [6.45, 7) is 7.88. The van der Waals surface area contributed by atoms with Gasteiger partial charge in [-0.15, -0.1) is 0 Å². The minimum atomic E-state index is -1.21. The van der Waals surface area contributed by atoms with E-state index in [1.807, 2.05) is 12.1 Å². The van der Waals surface area contributed by atoms with E-state index in [1.165, 1.54) is 4.57 Å². The number of fused-ring (bicyclic) bond motifs is 1. The molecule has 3 rings (SSSR count). The van der Waals surface area contributed by atoms with Gasteiger partial charge >= 0.3 is 5.69 Å². The van der Waals surface area contributed by atoms with Crippen molar-refractivity contribution in [3.63, 3.8) is 0 Å². The molecule has 0 atom stereocenters. The number of aromatic nitrogens is 4. The number of hydrogen-bond donors (Lipinski definition) is 1. The molecular formula is C18H23ClN4O3Si. The summed E-state index contributed by atoms with van der Waals surface area (Å²) in [5, 5.41) is 0.649. The maximum Gasteiger partial charge on any atom is 0.332 e. The summed E-state index contributed by atoms with van der Waals surface area (Å²) < 4.78 is 8.76. The second-order valence-electron chi connectivity index (χ2n) is 7.71. The lowest BCUT2D eigenvalue weighted by molar-refractivity contribution is 0.0865. The van der Waals surface area contributed by atoms with Crippen LogP contribution in [-0.2, 0) is 18.0 Å². The number of nitrogens with zero attached hydrogens (tertiary/aromatic N) is 3. The van der Waals surface area contributed by atoms with Crippen LogP contribution in [0.4, 0.5) is 0 Å². The molecule has 0 unspecified atom stereocenters. The van der Waals surface area contributed by atoms with E-state index in [2.05, 4.69) is 29.6 Å². The van der Waals surface area contributed by atoms with Crippen molar-refractivity contribution in [2.45, 2.75) is 39.0 Å².